The molecule has 4 rings (SSSR count). The first-order chi connectivity index (χ1) is 10.2. The zero-order chi connectivity index (χ0) is 14.4. The molecule has 3 nitrogen and oxygen atoms in total. The first-order valence-corrected chi connectivity index (χ1v) is 8.01. The maximum absolute atomic E-state index is 12.7. The summed E-state index contributed by atoms with van der Waals surface area (Å²) in [6, 6.07) is 8.37. The quantitative estimate of drug-likeness (QED) is 0.889. The standard InChI is InChI=1S/C18H22N2O/c1-20(15-4-7-18(8-5-15)9-10-18)17(21)14-2-3-16-13(12-14)6-11-19-16/h2-3,6,11-12,15,19H,4-5,7-10H2,1H3. The molecule has 0 unspecified atom stereocenters. The number of fused-ring (bicyclic) bond motifs is 1. The van der Waals surface area contributed by atoms with Gasteiger partial charge in [-0.2, -0.15) is 0 Å². The number of hydrogen-bond acceptors (Lipinski definition) is 1. The van der Waals surface area contributed by atoms with Crippen molar-refractivity contribution in [2.45, 2.75) is 44.6 Å². The lowest BCUT2D eigenvalue weighted by Gasteiger charge is -2.35. The summed E-state index contributed by atoms with van der Waals surface area (Å²) in [5.74, 6) is 0.162. The lowest BCUT2D eigenvalue weighted by molar-refractivity contribution is 0.0668. The zero-order valence-corrected chi connectivity index (χ0v) is 12.6. The van der Waals surface area contributed by atoms with Gasteiger partial charge in [0.05, 0.1) is 0 Å². The molecule has 0 radical (unpaired) electrons. The molecule has 3 heteroatoms. The van der Waals surface area contributed by atoms with E-state index in [0.717, 1.165) is 16.5 Å². The van der Waals surface area contributed by atoms with Gasteiger partial charge in [-0.3, -0.25) is 4.79 Å². The number of nitrogens with one attached hydrogen (secondary N) is 1. The Hall–Kier alpha value is -1.77. The minimum atomic E-state index is 0.162. The fourth-order valence-corrected chi connectivity index (χ4v) is 3.83. The molecular weight excluding hydrogens is 260 g/mol. The van der Waals surface area contributed by atoms with Crippen molar-refractivity contribution in [2.24, 2.45) is 5.41 Å². The molecule has 0 bridgehead atoms. The minimum Gasteiger partial charge on any atom is -0.361 e. The molecule has 2 fully saturated rings. The van der Waals surface area contributed by atoms with Crippen molar-refractivity contribution in [1.82, 2.24) is 9.88 Å². The molecule has 2 aliphatic carbocycles. The van der Waals surface area contributed by atoms with Gasteiger partial charge in [0.2, 0.25) is 0 Å². The van der Waals surface area contributed by atoms with Crippen molar-refractivity contribution in [2.75, 3.05) is 7.05 Å². The summed E-state index contributed by atoms with van der Waals surface area (Å²) in [6.07, 6.45) is 9.73. The molecule has 2 aromatic rings. The fraction of sp³-hybridized carbons (Fsp3) is 0.500. The number of aromatic amines is 1. The normalized spacial score (nSPS) is 20.8. The van der Waals surface area contributed by atoms with Crippen LogP contribution in [0.3, 0.4) is 0 Å². The molecule has 21 heavy (non-hydrogen) atoms. The maximum atomic E-state index is 12.7. The minimum absolute atomic E-state index is 0.162. The summed E-state index contributed by atoms with van der Waals surface area (Å²) in [6.45, 7) is 0. The number of carbonyl (C=O) groups is 1. The Morgan fingerprint density at radius 2 is 1.95 bits per heavy atom. The van der Waals surface area contributed by atoms with E-state index in [-0.39, 0.29) is 5.91 Å². The molecule has 1 heterocycles. The van der Waals surface area contributed by atoms with Crippen molar-refractivity contribution in [3.63, 3.8) is 0 Å². The van der Waals surface area contributed by atoms with E-state index in [1.807, 2.05) is 42.4 Å². The Labute approximate surface area is 125 Å². The Bertz CT molecular complexity index is 673. The lowest BCUT2D eigenvalue weighted by Crippen LogP contribution is -2.39. The van der Waals surface area contributed by atoms with E-state index in [1.165, 1.54) is 38.5 Å². The predicted molar refractivity (Wildman–Crippen MR) is 84.3 cm³/mol. The van der Waals surface area contributed by atoms with Crippen LogP contribution in [0.15, 0.2) is 30.5 Å². The van der Waals surface area contributed by atoms with Crippen LogP contribution in [0.25, 0.3) is 10.9 Å². The number of H-pyrrole nitrogens is 1. The molecular formula is C18H22N2O. The third-order valence-electron chi connectivity index (χ3n) is 5.64. The predicted octanol–water partition coefficient (Wildman–Crippen LogP) is 3.96. The van der Waals surface area contributed by atoms with Crippen LogP contribution in [0.1, 0.15) is 48.9 Å². The summed E-state index contributed by atoms with van der Waals surface area (Å²) in [4.78, 5) is 17.8. The van der Waals surface area contributed by atoms with E-state index in [9.17, 15) is 4.79 Å². The fourth-order valence-electron chi connectivity index (χ4n) is 3.83. The van der Waals surface area contributed by atoms with Crippen LogP contribution in [0.4, 0.5) is 0 Å². The highest BCUT2D eigenvalue weighted by molar-refractivity contribution is 5.98. The van der Waals surface area contributed by atoms with Gasteiger partial charge < -0.3 is 9.88 Å². The Balaban J connectivity index is 1.50. The average Bonchev–Trinajstić information content (AvgIpc) is 3.10. The van der Waals surface area contributed by atoms with Gasteiger partial charge in [-0.25, -0.2) is 0 Å². The molecule has 0 aliphatic heterocycles. The summed E-state index contributed by atoms with van der Waals surface area (Å²) < 4.78 is 0. The number of amides is 1. The molecule has 0 atom stereocenters. The van der Waals surface area contributed by atoms with Crippen LogP contribution < -0.4 is 0 Å². The van der Waals surface area contributed by atoms with Crippen LogP contribution in [0, 0.1) is 5.41 Å². The van der Waals surface area contributed by atoms with E-state index in [4.69, 9.17) is 0 Å². The van der Waals surface area contributed by atoms with E-state index in [2.05, 4.69) is 4.98 Å². The van der Waals surface area contributed by atoms with E-state index >= 15 is 0 Å². The van der Waals surface area contributed by atoms with Crippen molar-refractivity contribution in [3.8, 4) is 0 Å². The Kier molecular flexibility index (Phi) is 2.84. The highest BCUT2D eigenvalue weighted by Gasteiger charge is 2.45. The van der Waals surface area contributed by atoms with Gasteiger partial charge in [0.1, 0.15) is 0 Å². The van der Waals surface area contributed by atoms with Crippen LogP contribution in [0.2, 0.25) is 0 Å². The largest absolute Gasteiger partial charge is 0.361 e. The number of aromatic nitrogens is 1. The molecule has 1 N–H and O–H groups in total. The van der Waals surface area contributed by atoms with Gasteiger partial charge in [0.15, 0.2) is 0 Å². The van der Waals surface area contributed by atoms with Gasteiger partial charge in [-0.05, 0) is 68.2 Å². The van der Waals surface area contributed by atoms with Gasteiger partial charge >= 0.3 is 0 Å². The summed E-state index contributed by atoms with van der Waals surface area (Å²) >= 11 is 0. The average molecular weight is 282 g/mol. The molecule has 1 spiro atoms. The van der Waals surface area contributed by atoms with Crippen LogP contribution in [0.5, 0.6) is 0 Å². The third kappa shape index (κ3) is 2.25. The van der Waals surface area contributed by atoms with Crippen LogP contribution >= 0.6 is 0 Å². The Morgan fingerprint density at radius 1 is 1.19 bits per heavy atom. The van der Waals surface area contributed by atoms with E-state index < -0.39 is 0 Å². The summed E-state index contributed by atoms with van der Waals surface area (Å²) in [5, 5.41) is 1.11. The topological polar surface area (TPSA) is 36.1 Å². The van der Waals surface area contributed by atoms with Crippen LogP contribution in [-0.2, 0) is 0 Å². The third-order valence-corrected chi connectivity index (χ3v) is 5.64. The molecule has 2 aliphatic rings. The van der Waals surface area contributed by atoms with Crippen molar-refractivity contribution in [3.05, 3.63) is 36.0 Å². The molecule has 1 amide bonds. The van der Waals surface area contributed by atoms with Gasteiger partial charge in [-0.15, -0.1) is 0 Å². The molecule has 110 valence electrons. The Morgan fingerprint density at radius 3 is 2.67 bits per heavy atom. The first kappa shape index (κ1) is 12.9. The van der Waals surface area contributed by atoms with Gasteiger partial charge in [0.25, 0.3) is 5.91 Å². The molecule has 0 saturated heterocycles. The number of rotatable bonds is 2. The highest BCUT2D eigenvalue weighted by atomic mass is 16.2. The zero-order valence-electron chi connectivity index (χ0n) is 12.6. The summed E-state index contributed by atoms with van der Waals surface area (Å²) in [5.41, 5.74) is 2.57. The monoisotopic (exact) mass is 282 g/mol. The number of benzene rings is 1. The molecule has 1 aromatic carbocycles. The van der Waals surface area contributed by atoms with E-state index in [0.29, 0.717) is 11.5 Å². The second-order valence-corrected chi connectivity index (χ2v) is 6.93. The highest BCUT2D eigenvalue weighted by Crippen LogP contribution is 2.56. The van der Waals surface area contributed by atoms with Gasteiger partial charge in [0, 0.05) is 35.8 Å². The summed E-state index contributed by atoms with van der Waals surface area (Å²) in [7, 11) is 1.97. The maximum Gasteiger partial charge on any atom is 0.253 e. The number of carbonyl (C=O) groups excluding carboxylic acids is 1. The van der Waals surface area contributed by atoms with Crippen LogP contribution in [-0.4, -0.2) is 28.9 Å². The second kappa shape index (κ2) is 4.62. The van der Waals surface area contributed by atoms with Crippen molar-refractivity contribution >= 4 is 16.8 Å². The van der Waals surface area contributed by atoms with E-state index in [1.54, 1.807) is 0 Å². The molecule has 1 aromatic heterocycles. The lowest BCUT2D eigenvalue weighted by atomic mass is 9.83. The smallest absolute Gasteiger partial charge is 0.253 e. The first-order valence-electron chi connectivity index (χ1n) is 8.01. The SMILES string of the molecule is CN(C(=O)c1ccc2[nH]ccc2c1)C1CCC2(CC1)CC2. The van der Waals surface area contributed by atoms with Crippen molar-refractivity contribution < 1.29 is 4.79 Å². The molecule has 2 saturated carbocycles. The number of nitrogens with zero attached hydrogens (tertiary/aromatic N) is 1. The van der Waals surface area contributed by atoms with Gasteiger partial charge in [-0.1, -0.05) is 0 Å². The second-order valence-electron chi connectivity index (χ2n) is 6.93. The number of hydrogen-bond donors (Lipinski definition) is 1. The van der Waals surface area contributed by atoms with Crippen molar-refractivity contribution in [1.29, 1.82) is 0 Å².